The minimum Gasteiger partial charge on any atom is -0.497 e. The van der Waals surface area contributed by atoms with Crippen molar-refractivity contribution in [3.05, 3.63) is 95.6 Å². The molecule has 5 heteroatoms. The van der Waals surface area contributed by atoms with Crippen molar-refractivity contribution in [3.63, 3.8) is 0 Å². The van der Waals surface area contributed by atoms with Gasteiger partial charge in [0.1, 0.15) is 5.75 Å². The summed E-state index contributed by atoms with van der Waals surface area (Å²) in [6, 6.07) is 23.9. The van der Waals surface area contributed by atoms with Crippen LogP contribution in [-0.2, 0) is 11.3 Å². The van der Waals surface area contributed by atoms with Gasteiger partial charge < -0.3 is 20.5 Å². The normalized spacial score (nSPS) is 14.1. The molecular formula is C29H32N2O3. The van der Waals surface area contributed by atoms with E-state index >= 15 is 0 Å². The van der Waals surface area contributed by atoms with E-state index in [1.54, 1.807) is 7.11 Å². The van der Waals surface area contributed by atoms with Crippen molar-refractivity contribution in [1.29, 1.82) is 0 Å². The molecule has 5 nitrogen and oxygen atoms in total. The van der Waals surface area contributed by atoms with Crippen LogP contribution in [0, 0.1) is 5.92 Å². The van der Waals surface area contributed by atoms with Gasteiger partial charge in [-0.05, 0) is 59.9 Å². The summed E-state index contributed by atoms with van der Waals surface area (Å²) in [7, 11) is 1.66. The van der Waals surface area contributed by atoms with Crippen LogP contribution in [0.3, 0.4) is 0 Å². The molecule has 0 radical (unpaired) electrons. The van der Waals surface area contributed by atoms with E-state index in [9.17, 15) is 9.90 Å². The third-order valence-corrected chi connectivity index (χ3v) is 6.30. The van der Waals surface area contributed by atoms with Crippen LogP contribution in [-0.4, -0.2) is 24.7 Å². The van der Waals surface area contributed by atoms with Crippen molar-refractivity contribution >= 4 is 22.9 Å². The standard InChI is InChI=1S/C29H32N2O3/c1-34-25-13-6-8-21(18-25)20-30-28-15-5-4-14-27(28)26(16-17-32)23-11-7-12-24(19-23)31-29(33)22-9-2-3-10-22/h4-8,11-16,18-19,22,30,32H,2-3,9-10,17,20H2,1H3,(H,31,33)/b26-16+. The van der Waals surface area contributed by atoms with Gasteiger partial charge >= 0.3 is 0 Å². The van der Waals surface area contributed by atoms with Crippen molar-refractivity contribution in [2.75, 3.05) is 24.4 Å². The Bertz CT molecular complexity index is 1150. The number of para-hydroxylation sites is 1. The number of methoxy groups -OCH3 is 1. The second kappa shape index (κ2) is 11.5. The number of ether oxygens (including phenoxy) is 1. The predicted molar refractivity (Wildman–Crippen MR) is 138 cm³/mol. The molecule has 4 rings (SSSR count). The van der Waals surface area contributed by atoms with Gasteiger partial charge in [0.15, 0.2) is 0 Å². The number of carbonyl (C=O) groups excluding carboxylic acids is 1. The van der Waals surface area contributed by atoms with Crippen molar-refractivity contribution < 1.29 is 14.6 Å². The molecule has 0 spiro atoms. The summed E-state index contributed by atoms with van der Waals surface area (Å²) in [5.74, 6) is 1.03. The van der Waals surface area contributed by atoms with Gasteiger partial charge in [-0.1, -0.05) is 61.4 Å². The van der Waals surface area contributed by atoms with Crippen LogP contribution in [0.25, 0.3) is 5.57 Å². The molecule has 176 valence electrons. The molecule has 1 aliphatic carbocycles. The van der Waals surface area contributed by atoms with Gasteiger partial charge in [-0.25, -0.2) is 0 Å². The third-order valence-electron chi connectivity index (χ3n) is 6.30. The van der Waals surface area contributed by atoms with Crippen LogP contribution in [0.15, 0.2) is 78.9 Å². The molecule has 1 aliphatic rings. The topological polar surface area (TPSA) is 70.6 Å². The summed E-state index contributed by atoms with van der Waals surface area (Å²) >= 11 is 0. The molecule has 3 aromatic carbocycles. The van der Waals surface area contributed by atoms with E-state index in [2.05, 4.69) is 16.7 Å². The minimum atomic E-state index is -0.0851. The Morgan fingerprint density at radius 3 is 2.62 bits per heavy atom. The number of carbonyl (C=O) groups is 1. The quantitative estimate of drug-likeness (QED) is 0.377. The summed E-state index contributed by atoms with van der Waals surface area (Å²) in [5.41, 5.74) is 5.68. The molecule has 1 amide bonds. The molecule has 0 unspecified atom stereocenters. The lowest BCUT2D eigenvalue weighted by Gasteiger charge is -2.17. The summed E-state index contributed by atoms with van der Waals surface area (Å²) in [6.07, 6.45) is 5.99. The molecule has 0 atom stereocenters. The Hall–Kier alpha value is -3.57. The molecule has 3 aromatic rings. The molecule has 34 heavy (non-hydrogen) atoms. The Kier molecular flexibility index (Phi) is 7.99. The van der Waals surface area contributed by atoms with Gasteiger partial charge in [-0.3, -0.25) is 4.79 Å². The molecule has 1 fully saturated rings. The first-order valence-corrected chi connectivity index (χ1v) is 11.9. The Morgan fingerprint density at radius 2 is 1.82 bits per heavy atom. The predicted octanol–water partition coefficient (Wildman–Crippen LogP) is 5.86. The smallest absolute Gasteiger partial charge is 0.227 e. The Balaban J connectivity index is 1.57. The van der Waals surface area contributed by atoms with E-state index in [-0.39, 0.29) is 18.4 Å². The lowest BCUT2D eigenvalue weighted by atomic mass is 9.95. The fourth-order valence-electron chi connectivity index (χ4n) is 4.52. The molecule has 0 aliphatic heterocycles. The highest BCUT2D eigenvalue weighted by atomic mass is 16.5. The van der Waals surface area contributed by atoms with Crippen LogP contribution >= 0.6 is 0 Å². The third kappa shape index (κ3) is 5.86. The highest BCUT2D eigenvalue weighted by molar-refractivity contribution is 5.94. The van der Waals surface area contributed by atoms with E-state index in [4.69, 9.17) is 4.74 Å². The van der Waals surface area contributed by atoms with Crippen LogP contribution < -0.4 is 15.4 Å². The maximum atomic E-state index is 12.6. The average molecular weight is 457 g/mol. The van der Waals surface area contributed by atoms with Crippen LogP contribution in [0.1, 0.15) is 42.4 Å². The van der Waals surface area contributed by atoms with Gasteiger partial charge in [-0.15, -0.1) is 0 Å². The zero-order chi connectivity index (χ0) is 23.8. The molecular weight excluding hydrogens is 424 g/mol. The summed E-state index contributed by atoms with van der Waals surface area (Å²) in [4.78, 5) is 12.6. The molecule has 0 heterocycles. The average Bonchev–Trinajstić information content (AvgIpc) is 3.42. The number of benzene rings is 3. The number of hydrogen-bond acceptors (Lipinski definition) is 4. The van der Waals surface area contributed by atoms with Crippen molar-refractivity contribution in [2.45, 2.75) is 32.2 Å². The minimum absolute atomic E-state index is 0.0851. The van der Waals surface area contributed by atoms with Crippen molar-refractivity contribution in [2.24, 2.45) is 5.92 Å². The zero-order valence-corrected chi connectivity index (χ0v) is 19.6. The van der Waals surface area contributed by atoms with Gasteiger partial charge in [0.2, 0.25) is 5.91 Å². The fraction of sp³-hybridized carbons (Fsp3) is 0.276. The van der Waals surface area contributed by atoms with Gasteiger partial charge in [0.05, 0.1) is 13.7 Å². The van der Waals surface area contributed by atoms with Gasteiger partial charge in [0, 0.05) is 29.4 Å². The highest BCUT2D eigenvalue weighted by Gasteiger charge is 2.22. The molecule has 0 aromatic heterocycles. The zero-order valence-electron chi connectivity index (χ0n) is 19.6. The number of anilines is 2. The molecule has 1 saturated carbocycles. The van der Waals surface area contributed by atoms with E-state index in [1.165, 1.54) is 0 Å². The van der Waals surface area contributed by atoms with Crippen LogP contribution in [0.5, 0.6) is 5.75 Å². The SMILES string of the molecule is COc1cccc(CNc2ccccc2/C(=C/CO)c2cccc(NC(=O)C3CCCC3)c2)c1. The number of aliphatic hydroxyl groups excluding tert-OH is 1. The molecule has 3 N–H and O–H groups in total. The maximum absolute atomic E-state index is 12.6. The second-order valence-electron chi connectivity index (χ2n) is 8.60. The first kappa shape index (κ1) is 23.6. The number of aliphatic hydroxyl groups is 1. The van der Waals surface area contributed by atoms with Gasteiger partial charge in [-0.2, -0.15) is 0 Å². The van der Waals surface area contributed by atoms with Crippen LogP contribution in [0.4, 0.5) is 11.4 Å². The Labute approximate surface area is 201 Å². The monoisotopic (exact) mass is 456 g/mol. The summed E-state index contributed by atoms with van der Waals surface area (Å²) < 4.78 is 5.34. The van der Waals surface area contributed by atoms with E-state index in [1.807, 2.05) is 72.8 Å². The number of amides is 1. The van der Waals surface area contributed by atoms with Gasteiger partial charge in [0.25, 0.3) is 0 Å². The largest absolute Gasteiger partial charge is 0.497 e. The summed E-state index contributed by atoms with van der Waals surface area (Å²) in [5, 5.41) is 16.4. The van der Waals surface area contributed by atoms with Crippen molar-refractivity contribution in [1.82, 2.24) is 0 Å². The van der Waals surface area contributed by atoms with E-state index in [0.717, 1.165) is 65.1 Å². The fourth-order valence-corrected chi connectivity index (χ4v) is 4.52. The maximum Gasteiger partial charge on any atom is 0.227 e. The number of rotatable bonds is 9. The number of nitrogens with one attached hydrogen (secondary N) is 2. The van der Waals surface area contributed by atoms with E-state index in [0.29, 0.717) is 6.54 Å². The first-order valence-electron chi connectivity index (χ1n) is 11.9. The lowest BCUT2D eigenvalue weighted by Crippen LogP contribution is -2.20. The summed E-state index contributed by atoms with van der Waals surface area (Å²) in [6.45, 7) is 0.552. The molecule has 0 saturated heterocycles. The number of hydrogen-bond donors (Lipinski definition) is 3. The lowest BCUT2D eigenvalue weighted by molar-refractivity contribution is -0.119. The van der Waals surface area contributed by atoms with E-state index < -0.39 is 0 Å². The highest BCUT2D eigenvalue weighted by Crippen LogP contribution is 2.32. The van der Waals surface area contributed by atoms with Crippen LogP contribution in [0.2, 0.25) is 0 Å². The Morgan fingerprint density at radius 1 is 1.03 bits per heavy atom. The second-order valence-corrected chi connectivity index (χ2v) is 8.60. The first-order chi connectivity index (χ1) is 16.7. The molecule has 0 bridgehead atoms. The van der Waals surface area contributed by atoms with Crippen molar-refractivity contribution in [3.8, 4) is 5.75 Å².